The highest BCUT2D eigenvalue weighted by molar-refractivity contribution is 5.68. The Morgan fingerprint density at radius 2 is 1.68 bits per heavy atom. The number of carbonyl (C=O) groups is 1. The van der Waals surface area contributed by atoms with Gasteiger partial charge >= 0.3 is 6.09 Å². The first kappa shape index (κ1) is 14.4. The molecule has 0 aromatic heterocycles. The van der Waals surface area contributed by atoms with Crippen molar-refractivity contribution < 1.29 is 9.53 Å². The molecule has 108 valence electrons. The highest BCUT2D eigenvalue weighted by Crippen LogP contribution is 2.45. The minimum absolute atomic E-state index is 0.150. The van der Waals surface area contributed by atoms with Crippen LogP contribution in [0.25, 0.3) is 0 Å². The first-order valence-corrected chi connectivity index (χ1v) is 7.44. The molecular formula is C16H27NO2. The summed E-state index contributed by atoms with van der Waals surface area (Å²) in [5.41, 5.74) is 1.48. The number of allylic oxidation sites excluding steroid dienone is 1. The molecule has 1 spiro atoms. The van der Waals surface area contributed by atoms with E-state index in [-0.39, 0.29) is 6.09 Å². The molecule has 19 heavy (non-hydrogen) atoms. The van der Waals surface area contributed by atoms with Crippen molar-refractivity contribution in [2.45, 2.75) is 64.9 Å². The van der Waals surface area contributed by atoms with Gasteiger partial charge in [0.15, 0.2) is 0 Å². The third-order valence-electron chi connectivity index (χ3n) is 4.49. The highest BCUT2D eigenvalue weighted by atomic mass is 16.6. The number of ether oxygens (including phenoxy) is 1. The average molecular weight is 265 g/mol. The molecule has 1 aliphatic heterocycles. The molecule has 2 fully saturated rings. The molecule has 0 unspecified atom stereocenters. The van der Waals surface area contributed by atoms with Gasteiger partial charge in [0.1, 0.15) is 5.60 Å². The van der Waals surface area contributed by atoms with Gasteiger partial charge in [0.05, 0.1) is 0 Å². The molecular weight excluding hydrogens is 238 g/mol. The van der Waals surface area contributed by atoms with Crippen LogP contribution >= 0.6 is 0 Å². The zero-order valence-corrected chi connectivity index (χ0v) is 12.6. The number of piperidine rings is 1. The summed E-state index contributed by atoms with van der Waals surface area (Å²) >= 11 is 0. The molecule has 0 aromatic rings. The fourth-order valence-corrected chi connectivity index (χ4v) is 3.12. The van der Waals surface area contributed by atoms with Gasteiger partial charge in [0, 0.05) is 13.1 Å². The lowest BCUT2D eigenvalue weighted by molar-refractivity contribution is 0.00626. The molecule has 1 amide bonds. The SMILES string of the molecule is C=C1CCC2(CC1)CCN(C(=O)OC(C)(C)C)CC2. The Morgan fingerprint density at radius 1 is 1.16 bits per heavy atom. The van der Waals surface area contributed by atoms with Crippen LogP contribution in [0.3, 0.4) is 0 Å². The second-order valence-corrected chi connectivity index (χ2v) is 7.22. The lowest BCUT2D eigenvalue weighted by Crippen LogP contribution is -2.45. The van der Waals surface area contributed by atoms with E-state index in [1.807, 2.05) is 25.7 Å². The molecule has 0 N–H and O–H groups in total. The summed E-state index contributed by atoms with van der Waals surface area (Å²) in [6, 6.07) is 0. The largest absolute Gasteiger partial charge is 0.444 e. The Morgan fingerprint density at radius 3 is 2.16 bits per heavy atom. The quantitative estimate of drug-likeness (QED) is 0.616. The van der Waals surface area contributed by atoms with Crippen molar-refractivity contribution in [1.29, 1.82) is 0 Å². The van der Waals surface area contributed by atoms with E-state index in [9.17, 15) is 4.79 Å². The number of carbonyl (C=O) groups excluding carboxylic acids is 1. The van der Waals surface area contributed by atoms with Crippen molar-refractivity contribution in [2.24, 2.45) is 5.41 Å². The fourth-order valence-electron chi connectivity index (χ4n) is 3.12. The van der Waals surface area contributed by atoms with Crippen molar-refractivity contribution in [3.05, 3.63) is 12.2 Å². The van der Waals surface area contributed by atoms with E-state index in [4.69, 9.17) is 4.74 Å². The molecule has 3 heteroatoms. The number of nitrogens with zero attached hydrogens (tertiary/aromatic N) is 1. The summed E-state index contributed by atoms with van der Waals surface area (Å²) in [6.45, 7) is 11.5. The number of hydrogen-bond donors (Lipinski definition) is 0. The standard InChI is InChI=1S/C16H27NO2/c1-13-5-7-16(8-6-13)9-11-17(12-10-16)14(18)19-15(2,3)4/h1,5-12H2,2-4H3. The predicted octanol–water partition coefficient (Wildman–Crippen LogP) is 4.13. The van der Waals surface area contributed by atoms with Crippen LogP contribution in [0.1, 0.15) is 59.3 Å². The van der Waals surface area contributed by atoms with Crippen LogP contribution in [0, 0.1) is 5.41 Å². The number of rotatable bonds is 0. The Bertz CT molecular complexity index is 347. The van der Waals surface area contributed by atoms with Gasteiger partial charge in [-0.05, 0) is 64.7 Å². The van der Waals surface area contributed by atoms with Gasteiger partial charge in [-0.1, -0.05) is 12.2 Å². The van der Waals surface area contributed by atoms with Crippen LogP contribution < -0.4 is 0 Å². The van der Waals surface area contributed by atoms with Crippen LogP contribution in [0.15, 0.2) is 12.2 Å². The maximum atomic E-state index is 12.0. The number of hydrogen-bond acceptors (Lipinski definition) is 2. The molecule has 3 nitrogen and oxygen atoms in total. The van der Waals surface area contributed by atoms with Crippen LogP contribution in [0.5, 0.6) is 0 Å². The molecule has 0 aromatic carbocycles. The summed E-state index contributed by atoms with van der Waals surface area (Å²) in [5.74, 6) is 0. The third kappa shape index (κ3) is 3.74. The van der Waals surface area contributed by atoms with E-state index in [2.05, 4.69) is 6.58 Å². The summed E-state index contributed by atoms with van der Waals surface area (Å²) < 4.78 is 5.44. The summed E-state index contributed by atoms with van der Waals surface area (Å²) in [5, 5.41) is 0. The van der Waals surface area contributed by atoms with E-state index < -0.39 is 5.60 Å². The Labute approximate surface area is 117 Å². The second kappa shape index (κ2) is 5.18. The zero-order valence-electron chi connectivity index (χ0n) is 12.6. The molecule has 1 saturated carbocycles. The summed E-state index contributed by atoms with van der Waals surface area (Å²) in [4.78, 5) is 13.9. The lowest BCUT2D eigenvalue weighted by atomic mass is 9.67. The van der Waals surface area contributed by atoms with E-state index in [0.29, 0.717) is 5.41 Å². The molecule has 2 aliphatic rings. The predicted molar refractivity (Wildman–Crippen MR) is 77.1 cm³/mol. The molecule has 1 heterocycles. The van der Waals surface area contributed by atoms with Gasteiger partial charge in [-0.25, -0.2) is 4.79 Å². The van der Waals surface area contributed by atoms with Crippen molar-refractivity contribution in [3.63, 3.8) is 0 Å². The van der Waals surface area contributed by atoms with Gasteiger partial charge in [-0.15, -0.1) is 0 Å². The van der Waals surface area contributed by atoms with Gasteiger partial charge in [0.25, 0.3) is 0 Å². The first-order chi connectivity index (χ1) is 8.80. The van der Waals surface area contributed by atoms with E-state index in [1.54, 1.807) is 0 Å². The van der Waals surface area contributed by atoms with Crippen LogP contribution in [-0.2, 0) is 4.74 Å². The Hall–Kier alpha value is -0.990. The van der Waals surface area contributed by atoms with Crippen LogP contribution in [0.2, 0.25) is 0 Å². The molecule has 0 radical (unpaired) electrons. The van der Waals surface area contributed by atoms with Crippen molar-refractivity contribution in [1.82, 2.24) is 4.90 Å². The van der Waals surface area contributed by atoms with Crippen LogP contribution in [-0.4, -0.2) is 29.7 Å². The van der Waals surface area contributed by atoms with Gasteiger partial charge < -0.3 is 9.64 Å². The summed E-state index contributed by atoms with van der Waals surface area (Å²) in [6.07, 6.45) is 6.96. The normalized spacial score (nSPS) is 23.5. The molecule has 1 aliphatic carbocycles. The lowest BCUT2D eigenvalue weighted by Gasteiger charge is -2.44. The first-order valence-electron chi connectivity index (χ1n) is 7.44. The smallest absolute Gasteiger partial charge is 0.410 e. The van der Waals surface area contributed by atoms with Gasteiger partial charge in [-0.2, -0.15) is 0 Å². The monoisotopic (exact) mass is 265 g/mol. The van der Waals surface area contributed by atoms with Crippen molar-refractivity contribution in [3.8, 4) is 0 Å². The maximum absolute atomic E-state index is 12.0. The Balaban J connectivity index is 1.85. The summed E-state index contributed by atoms with van der Waals surface area (Å²) in [7, 11) is 0. The van der Waals surface area contributed by atoms with Crippen molar-refractivity contribution in [2.75, 3.05) is 13.1 Å². The van der Waals surface area contributed by atoms with Crippen LogP contribution in [0.4, 0.5) is 4.79 Å². The average Bonchev–Trinajstić information content (AvgIpc) is 2.32. The highest BCUT2D eigenvalue weighted by Gasteiger charge is 2.38. The molecule has 0 bridgehead atoms. The van der Waals surface area contributed by atoms with Gasteiger partial charge in [0.2, 0.25) is 0 Å². The zero-order chi connectivity index (χ0) is 14.1. The van der Waals surface area contributed by atoms with E-state index >= 15 is 0 Å². The maximum Gasteiger partial charge on any atom is 0.410 e. The van der Waals surface area contributed by atoms with E-state index in [0.717, 1.165) is 25.9 Å². The molecule has 1 saturated heterocycles. The second-order valence-electron chi connectivity index (χ2n) is 7.22. The van der Waals surface area contributed by atoms with Crippen molar-refractivity contribution >= 4 is 6.09 Å². The van der Waals surface area contributed by atoms with Gasteiger partial charge in [-0.3, -0.25) is 0 Å². The molecule has 0 atom stereocenters. The Kier molecular flexibility index (Phi) is 3.93. The van der Waals surface area contributed by atoms with E-state index in [1.165, 1.54) is 31.3 Å². The third-order valence-corrected chi connectivity index (χ3v) is 4.49. The minimum Gasteiger partial charge on any atom is -0.444 e. The minimum atomic E-state index is -0.394. The topological polar surface area (TPSA) is 29.5 Å². The molecule has 2 rings (SSSR count). The number of amides is 1. The fraction of sp³-hybridized carbons (Fsp3) is 0.812. The number of likely N-dealkylation sites (tertiary alicyclic amines) is 1.